The molecule has 0 aliphatic carbocycles. The summed E-state index contributed by atoms with van der Waals surface area (Å²) >= 11 is 7.10. The zero-order valence-corrected chi connectivity index (χ0v) is 17.1. The van der Waals surface area contributed by atoms with E-state index in [1.807, 2.05) is 0 Å². The molecular formula is C17H27ClN2O2S2. The minimum absolute atomic E-state index is 0.196. The van der Waals surface area contributed by atoms with Crippen molar-refractivity contribution in [2.45, 2.75) is 37.8 Å². The zero-order chi connectivity index (χ0) is 17.5. The van der Waals surface area contributed by atoms with Gasteiger partial charge in [-0.1, -0.05) is 38.8 Å². The van der Waals surface area contributed by atoms with E-state index in [1.54, 1.807) is 16.4 Å². The van der Waals surface area contributed by atoms with Gasteiger partial charge in [0.1, 0.15) is 4.21 Å². The first kappa shape index (κ1) is 18.6. The van der Waals surface area contributed by atoms with E-state index in [9.17, 15) is 8.42 Å². The van der Waals surface area contributed by atoms with Crippen LogP contribution >= 0.6 is 22.9 Å². The SMILES string of the molecule is CCCCN1CC2CN(S(=O)(=O)c3ccc(Cl)s3)CC(C1)C2(C)C. The predicted molar refractivity (Wildman–Crippen MR) is 100 cm³/mol. The molecule has 2 bridgehead atoms. The molecule has 7 heteroatoms. The highest BCUT2D eigenvalue weighted by Gasteiger charge is 2.50. The summed E-state index contributed by atoms with van der Waals surface area (Å²) in [6.45, 7) is 11.2. The lowest BCUT2D eigenvalue weighted by molar-refractivity contribution is -0.0492. The smallest absolute Gasteiger partial charge is 0.252 e. The summed E-state index contributed by atoms with van der Waals surface area (Å²) < 4.78 is 28.5. The van der Waals surface area contributed by atoms with Gasteiger partial charge in [-0.05, 0) is 42.3 Å². The Balaban J connectivity index is 1.79. The van der Waals surface area contributed by atoms with Crippen LogP contribution in [0.25, 0.3) is 0 Å². The fourth-order valence-electron chi connectivity index (χ4n) is 3.98. The number of likely N-dealkylation sites (tertiary alicyclic amines) is 1. The van der Waals surface area contributed by atoms with Gasteiger partial charge < -0.3 is 4.90 Å². The highest BCUT2D eigenvalue weighted by atomic mass is 35.5. The van der Waals surface area contributed by atoms with Crippen molar-refractivity contribution in [2.24, 2.45) is 17.3 Å². The first-order valence-corrected chi connectivity index (χ1v) is 11.4. The number of sulfonamides is 1. The Morgan fingerprint density at radius 1 is 1.21 bits per heavy atom. The molecule has 2 atom stereocenters. The summed E-state index contributed by atoms with van der Waals surface area (Å²) in [5.74, 6) is 0.763. The quantitative estimate of drug-likeness (QED) is 0.768. The first-order chi connectivity index (χ1) is 11.2. The molecule has 0 aromatic carbocycles. The molecule has 24 heavy (non-hydrogen) atoms. The molecule has 2 saturated heterocycles. The molecule has 0 saturated carbocycles. The zero-order valence-electron chi connectivity index (χ0n) is 14.7. The third kappa shape index (κ3) is 3.40. The number of fused-ring (bicyclic) bond motifs is 2. The first-order valence-electron chi connectivity index (χ1n) is 8.73. The van der Waals surface area contributed by atoms with Gasteiger partial charge in [0.25, 0.3) is 10.0 Å². The van der Waals surface area contributed by atoms with Gasteiger partial charge in [0.2, 0.25) is 0 Å². The van der Waals surface area contributed by atoms with E-state index in [-0.39, 0.29) is 5.41 Å². The summed E-state index contributed by atoms with van der Waals surface area (Å²) in [5.41, 5.74) is 0.196. The van der Waals surface area contributed by atoms with Crippen LogP contribution in [0.15, 0.2) is 16.3 Å². The maximum atomic E-state index is 13.0. The van der Waals surface area contributed by atoms with Crippen molar-refractivity contribution in [2.75, 3.05) is 32.7 Å². The second-order valence-electron chi connectivity index (χ2n) is 7.71. The van der Waals surface area contributed by atoms with Crippen molar-refractivity contribution in [3.05, 3.63) is 16.5 Å². The summed E-state index contributed by atoms with van der Waals surface area (Å²) in [6, 6.07) is 3.30. The van der Waals surface area contributed by atoms with E-state index in [4.69, 9.17) is 11.6 Å². The fraction of sp³-hybridized carbons (Fsp3) is 0.765. The van der Waals surface area contributed by atoms with Gasteiger partial charge >= 0.3 is 0 Å². The van der Waals surface area contributed by atoms with Crippen LogP contribution in [0.1, 0.15) is 33.6 Å². The van der Waals surface area contributed by atoms with Crippen LogP contribution in [0.4, 0.5) is 0 Å². The second-order valence-corrected chi connectivity index (χ2v) is 11.6. The van der Waals surface area contributed by atoms with Crippen LogP contribution < -0.4 is 0 Å². The van der Waals surface area contributed by atoms with E-state index in [2.05, 4.69) is 25.7 Å². The lowest BCUT2D eigenvalue weighted by atomic mass is 9.64. The van der Waals surface area contributed by atoms with Crippen LogP contribution in [0.3, 0.4) is 0 Å². The summed E-state index contributed by atoms with van der Waals surface area (Å²) in [5, 5.41) is 0. The predicted octanol–water partition coefficient (Wildman–Crippen LogP) is 3.78. The van der Waals surface area contributed by atoms with Crippen molar-refractivity contribution in [3.8, 4) is 0 Å². The Hall–Kier alpha value is -0.140. The van der Waals surface area contributed by atoms with Gasteiger partial charge in [0.05, 0.1) is 4.34 Å². The molecule has 3 heterocycles. The number of piperidine rings is 2. The molecule has 0 amide bonds. The molecule has 4 nitrogen and oxygen atoms in total. The Morgan fingerprint density at radius 2 is 1.83 bits per heavy atom. The molecule has 0 spiro atoms. The average molecular weight is 391 g/mol. The maximum absolute atomic E-state index is 13.0. The summed E-state index contributed by atoms with van der Waals surface area (Å²) in [7, 11) is -3.42. The van der Waals surface area contributed by atoms with Crippen LogP contribution in [0.5, 0.6) is 0 Å². The van der Waals surface area contributed by atoms with Crippen molar-refractivity contribution in [1.29, 1.82) is 0 Å². The minimum Gasteiger partial charge on any atom is -0.303 e. The number of rotatable bonds is 5. The number of thiophene rings is 1. The normalized spacial score (nSPS) is 28.2. The lowest BCUT2D eigenvalue weighted by Crippen LogP contribution is -2.62. The Kier molecular flexibility index (Phi) is 5.34. The van der Waals surface area contributed by atoms with Crippen LogP contribution in [0.2, 0.25) is 4.34 Å². The third-order valence-electron chi connectivity index (χ3n) is 5.88. The van der Waals surface area contributed by atoms with Gasteiger partial charge in [-0.15, -0.1) is 11.3 Å². The molecule has 2 fully saturated rings. The van der Waals surface area contributed by atoms with Crippen LogP contribution in [-0.2, 0) is 10.0 Å². The van der Waals surface area contributed by atoms with E-state index in [0.29, 0.717) is 33.5 Å². The molecule has 2 aliphatic heterocycles. The monoisotopic (exact) mass is 390 g/mol. The molecular weight excluding hydrogens is 364 g/mol. The molecule has 1 aromatic heterocycles. The van der Waals surface area contributed by atoms with E-state index < -0.39 is 10.0 Å². The van der Waals surface area contributed by atoms with E-state index in [0.717, 1.165) is 31.0 Å². The number of hydrogen-bond acceptors (Lipinski definition) is 4. The van der Waals surface area contributed by atoms with Crippen molar-refractivity contribution in [3.63, 3.8) is 0 Å². The minimum atomic E-state index is -3.42. The molecule has 2 unspecified atom stereocenters. The molecule has 2 aliphatic rings. The van der Waals surface area contributed by atoms with Crippen molar-refractivity contribution in [1.82, 2.24) is 9.21 Å². The lowest BCUT2D eigenvalue weighted by Gasteiger charge is -2.55. The number of hydrogen-bond donors (Lipinski definition) is 0. The molecule has 1 aromatic rings. The highest BCUT2D eigenvalue weighted by Crippen LogP contribution is 2.46. The standard InChI is InChI=1S/C17H27ClN2O2S2/c1-4-5-8-19-9-13-11-20(12-14(10-19)17(13,2)3)24(21,22)16-7-6-15(18)23-16/h6-7,13-14H,4-5,8-12H2,1-3H3. The highest BCUT2D eigenvalue weighted by molar-refractivity contribution is 7.91. The van der Waals surface area contributed by atoms with Gasteiger partial charge in [0.15, 0.2) is 0 Å². The largest absolute Gasteiger partial charge is 0.303 e. The average Bonchev–Trinajstić information content (AvgIpc) is 2.92. The van der Waals surface area contributed by atoms with Gasteiger partial charge in [-0.2, -0.15) is 4.31 Å². The molecule has 3 rings (SSSR count). The van der Waals surface area contributed by atoms with Gasteiger partial charge in [-0.3, -0.25) is 0 Å². The second kappa shape index (κ2) is 6.88. The number of unbranched alkanes of at least 4 members (excludes halogenated alkanes) is 1. The maximum Gasteiger partial charge on any atom is 0.252 e. The summed E-state index contributed by atoms with van der Waals surface area (Å²) in [4.78, 5) is 2.54. The van der Waals surface area contributed by atoms with Crippen molar-refractivity contribution >= 4 is 33.0 Å². The Bertz CT molecular complexity index is 669. The van der Waals surface area contributed by atoms with Crippen LogP contribution in [0, 0.1) is 17.3 Å². The molecule has 0 radical (unpaired) electrons. The fourth-order valence-corrected chi connectivity index (χ4v) is 7.15. The van der Waals surface area contributed by atoms with Gasteiger partial charge in [-0.25, -0.2) is 8.42 Å². The van der Waals surface area contributed by atoms with Crippen LogP contribution in [-0.4, -0.2) is 50.3 Å². The molecule has 0 N–H and O–H groups in total. The van der Waals surface area contributed by atoms with Gasteiger partial charge in [0, 0.05) is 26.2 Å². The Labute approximate surface area is 154 Å². The Morgan fingerprint density at radius 3 is 2.33 bits per heavy atom. The van der Waals surface area contributed by atoms with E-state index >= 15 is 0 Å². The molecule has 136 valence electrons. The third-order valence-corrected chi connectivity index (χ3v) is 9.41. The van der Waals surface area contributed by atoms with E-state index in [1.165, 1.54) is 12.8 Å². The summed E-state index contributed by atoms with van der Waals surface area (Å²) in [6.07, 6.45) is 2.42. The number of nitrogens with zero attached hydrogens (tertiary/aromatic N) is 2. The van der Waals surface area contributed by atoms with Crippen molar-refractivity contribution < 1.29 is 8.42 Å². The topological polar surface area (TPSA) is 40.6 Å². The number of halogens is 1.